The fourth-order valence-corrected chi connectivity index (χ4v) is 2.06. The molecule has 0 saturated heterocycles. The van der Waals surface area contributed by atoms with Crippen LogP contribution in [0.3, 0.4) is 0 Å². The van der Waals surface area contributed by atoms with Gasteiger partial charge in [0.05, 0.1) is 0 Å². The van der Waals surface area contributed by atoms with Gasteiger partial charge in [-0.1, -0.05) is 24.3 Å². The van der Waals surface area contributed by atoms with Crippen LogP contribution in [-0.2, 0) is 0 Å². The van der Waals surface area contributed by atoms with Crippen LogP contribution in [0.5, 0.6) is 0 Å². The smallest absolute Gasteiger partial charge is 0.123 e. The van der Waals surface area contributed by atoms with Crippen molar-refractivity contribution in [3.63, 3.8) is 0 Å². The van der Waals surface area contributed by atoms with E-state index in [0.717, 1.165) is 10.5 Å². The Bertz CT molecular complexity index is 496. The van der Waals surface area contributed by atoms with E-state index in [0.29, 0.717) is 5.56 Å². The number of rotatable bonds is 3. The van der Waals surface area contributed by atoms with E-state index >= 15 is 0 Å². The quantitative estimate of drug-likeness (QED) is 0.837. The second kappa shape index (κ2) is 5.34. The highest BCUT2D eigenvalue weighted by molar-refractivity contribution is 7.98. The Hall–Kier alpha value is -1.32. The number of aliphatic hydroxyl groups is 1. The molecule has 0 bridgehead atoms. The van der Waals surface area contributed by atoms with Gasteiger partial charge in [0.2, 0.25) is 0 Å². The molecule has 0 radical (unpaired) electrons. The molecule has 88 valence electrons. The molecule has 0 unspecified atom stereocenters. The minimum Gasteiger partial charge on any atom is -0.384 e. The monoisotopic (exact) mass is 248 g/mol. The number of aliphatic hydroxyl groups excluding tert-OH is 1. The van der Waals surface area contributed by atoms with Crippen molar-refractivity contribution in [3.8, 4) is 0 Å². The summed E-state index contributed by atoms with van der Waals surface area (Å²) in [6, 6.07) is 13.7. The molecule has 0 aliphatic carbocycles. The first kappa shape index (κ1) is 12.1. The van der Waals surface area contributed by atoms with Crippen LogP contribution < -0.4 is 0 Å². The summed E-state index contributed by atoms with van der Waals surface area (Å²) in [5.41, 5.74) is 1.34. The Balaban J connectivity index is 2.27. The van der Waals surface area contributed by atoms with Gasteiger partial charge in [-0.3, -0.25) is 0 Å². The minimum absolute atomic E-state index is 0.331. The summed E-state index contributed by atoms with van der Waals surface area (Å²) in [4.78, 5) is 1.14. The van der Waals surface area contributed by atoms with Crippen LogP contribution >= 0.6 is 11.8 Å². The number of hydrogen-bond acceptors (Lipinski definition) is 2. The zero-order chi connectivity index (χ0) is 12.3. The third-order valence-corrected chi connectivity index (χ3v) is 3.34. The molecule has 0 aliphatic rings. The van der Waals surface area contributed by atoms with Crippen LogP contribution in [0.25, 0.3) is 0 Å². The summed E-state index contributed by atoms with van der Waals surface area (Å²) in [5, 5.41) is 10.1. The van der Waals surface area contributed by atoms with Gasteiger partial charge in [-0.25, -0.2) is 4.39 Å². The molecule has 1 N–H and O–H groups in total. The molecule has 0 heterocycles. The second-order valence-corrected chi connectivity index (χ2v) is 4.61. The lowest BCUT2D eigenvalue weighted by Crippen LogP contribution is -1.99. The Morgan fingerprint density at radius 1 is 1.06 bits per heavy atom. The summed E-state index contributed by atoms with van der Waals surface area (Å²) in [5.74, 6) is -0.331. The van der Waals surface area contributed by atoms with Gasteiger partial charge in [0.1, 0.15) is 11.9 Å². The van der Waals surface area contributed by atoms with Crippen LogP contribution in [0, 0.1) is 5.82 Å². The van der Waals surface area contributed by atoms with Gasteiger partial charge < -0.3 is 5.11 Å². The summed E-state index contributed by atoms with van der Waals surface area (Å²) in [6.07, 6.45) is 1.22. The molecule has 3 heteroatoms. The Morgan fingerprint density at radius 2 is 1.76 bits per heavy atom. The Labute approximate surface area is 104 Å². The average molecular weight is 248 g/mol. The predicted octanol–water partition coefficient (Wildman–Crippen LogP) is 3.63. The molecule has 2 rings (SSSR count). The third kappa shape index (κ3) is 2.87. The number of hydrogen-bond donors (Lipinski definition) is 1. The molecule has 0 spiro atoms. The van der Waals surface area contributed by atoms with Crippen molar-refractivity contribution < 1.29 is 9.50 Å². The maximum absolute atomic E-state index is 13.0. The predicted molar refractivity (Wildman–Crippen MR) is 68.7 cm³/mol. The first-order valence-electron chi connectivity index (χ1n) is 5.28. The summed E-state index contributed by atoms with van der Waals surface area (Å²) in [6.45, 7) is 0. The van der Waals surface area contributed by atoms with E-state index in [-0.39, 0.29) is 5.82 Å². The summed E-state index contributed by atoms with van der Waals surface area (Å²) >= 11 is 1.65. The highest BCUT2D eigenvalue weighted by atomic mass is 32.2. The maximum atomic E-state index is 13.0. The molecule has 1 nitrogen and oxygen atoms in total. The standard InChI is InChI=1S/C14H13FOS/c1-17-13-7-5-10(6-8-13)14(16)11-3-2-4-12(15)9-11/h2-9,14,16H,1H3/t14-/m1/s1. The molecule has 0 aromatic heterocycles. The SMILES string of the molecule is CSc1ccc([C@@H](O)c2cccc(F)c2)cc1. The van der Waals surface area contributed by atoms with E-state index in [4.69, 9.17) is 0 Å². The highest BCUT2D eigenvalue weighted by Gasteiger charge is 2.10. The lowest BCUT2D eigenvalue weighted by molar-refractivity contribution is 0.219. The fraction of sp³-hybridized carbons (Fsp3) is 0.143. The molecule has 2 aromatic rings. The largest absolute Gasteiger partial charge is 0.384 e. The first-order chi connectivity index (χ1) is 8.20. The highest BCUT2D eigenvalue weighted by Crippen LogP contribution is 2.24. The van der Waals surface area contributed by atoms with Crippen LogP contribution in [-0.4, -0.2) is 11.4 Å². The fourth-order valence-electron chi connectivity index (χ4n) is 1.66. The molecule has 17 heavy (non-hydrogen) atoms. The summed E-state index contributed by atoms with van der Waals surface area (Å²) < 4.78 is 13.0. The van der Waals surface area contributed by atoms with Gasteiger partial charge >= 0.3 is 0 Å². The van der Waals surface area contributed by atoms with Crippen molar-refractivity contribution in [2.24, 2.45) is 0 Å². The number of thioether (sulfide) groups is 1. The molecule has 0 saturated carbocycles. The van der Waals surface area contributed by atoms with Gasteiger partial charge in [0.25, 0.3) is 0 Å². The van der Waals surface area contributed by atoms with Crippen molar-refractivity contribution in [2.75, 3.05) is 6.26 Å². The Morgan fingerprint density at radius 3 is 2.35 bits per heavy atom. The van der Waals surface area contributed by atoms with Crippen LogP contribution in [0.2, 0.25) is 0 Å². The topological polar surface area (TPSA) is 20.2 Å². The summed E-state index contributed by atoms with van der Waals surface area (Å²) in [7, 11) is 0. The molecular formula is C14H13FOS. The van der Waals surface area contributed by atoms with Gasteiger partial charge in [-0.2, -0.15) is 0 Å². The van der Waals surface area contributed by atoms with E-state index in [1.54, 1.807) is 23.9 Å². The first-order valence-corrected chi connectivity index (χ1v) is 6.50. The number of halogens is 1. The van der Waals surface area contributed by atoms with Crippen molar-refractivity contribution in [2.45, 2.75) is 11.0 Å². The van der Waals surface area contributed by atoms with E-state index in [1.165, 1.54) is 12.1 Å². The third-order valence-electron chi connectivity index (χ3n) is 2.60. The zero-order valence-electron chi connectivity index (χ0n) is 9.43. The average Bonchev–Trinajstić information content (AvgIpc) is 2.38. The van der Waals surface area contributed by atoms with Crippen LogP contribution in [0.15, 0.2) is 53.4 Å². The number of benzene rings is 2. The Kier molecular flexibility index (Phi) is 3.82. The molecular weight excluding hydrogens is 235 g/mol. The minimum atomic E-state index is -0.776. The second-order valence-electron chi connectivity index (χ2n) is 3.73. The van der Waals surface area contributed by atoms with Crippen molar-refractivity contribution in [1.29, 1.82) is 0 Å². The maximum Gasteiger partial charge on any atom is 0.123 e. The van der Waals surface area contributed by atoms with Crippen LogP contribution in [0.1, 0.15) is 17.2 Å². The molecule has 2 aromatic carbocycles. The van der Waals surface area contributed by atoms with Gasteiger partial charge in [-0.15, -0.1) is 11.8 Å². The lowest BCUT2D eigenvalue weighted by Gasteiger charge is -2.11. The zero-order valence-corrected chi connectivity index (χ0v) is 10.2. The lowest BCUT2D eigenvalue weighted by atomic mass is 10.0. The van der Waals surface area contributed by atoms with Gasteiger partial charge in [0.15, 0.2) is 0 Å². The van der Waals surface area contributed by atoms with Crippen molar-refractivity contribution >= 4 is 11.8 Å². The van der Waals surface area contributed by atoms with Crippen molar-refractivity contribution in [3.05, 3.63) is 65.5 Å². The van der Waals surface area contributed by atoms with E-state index in [2.05, 4.69) is 0 Å². The van der Waals surface area contributed by atoms with Crippen LogP contribution in [0.4, 0.5) is 4.39 Å². The molecule has 0 amide bonds. The van der Waals surface area contributed by atoms with E-state index in [1.807, 2.05) is 30.5 Å². The molecule has 1 atom stereocenters. The van der Waals surface area contributed by atoms with E-state index in [9.17, 15) is 9.50 Å². The normalized spacial score (nSPS) is 12.4. The van der Waals surface area contributed by atoms with E-state index < -0.39 is 6.10 Å². The van der Waals surface area contributed by atoms with Gasteiger partial charge in [-0.05, 0) is 41.6 Å². The molecule has 0 aliphatic heterocycles. The van der Waals surface area contributed by atoms with Gasteiger partial charge in [0, 0.05) is 4.90 Å². The molecule has 0 fully saturated rings. The van der Waals surface area contributed by atoms with Crippen molar-refractivity contribution in [1.82, 2.24) is 0 Å².